The van der Waals surface area contributed by atoms with Gasteiger partial charge in [0.2, 0.25) is 5.91 Å². The number of rotatable bonds is 6. The van der Waals surface area contributed by atoms with Crippen LogP contribution in [0.25, 0.3) is 10.9 Å². The molecule has 3 rings (SSSR count). The molecule has 1 aromatic heterocycles. The second kappa shape index (κ2) is 7.11. The third-order valence-electron chi connectivity index (χ3n) is 3.98. The molecular weight excluding hydrogens is 288 g/mol. The molecule has 0 radical (unpaired) electrons. The van der Waals surface area contributed by atoms with Crippen LogP contribution in [0.4, 0.5) is 0 Å². The molecule has 0 aliphatic rings. The number of aliphatic hydroxyl groups excluding tert-OH is 1. The molecular formula is C19H20N2O2. The Morgan fingerprint density at radius 2 is 1.96 bits per heavy atom. The summed E-state index contributed by atoms with van der Waals surface area (Å²) in [6.45, 7) is -0.106. The van der Waals surface area contributed by atoms with Gasteiger partial charge in [-0.25, -0.2) is 0 Å². The summed E-state index contributed by atoms with van der Waals surface area (Å²) in [5, 5.41) is 13.5. The van der Waals surface area contributed by atoms with Gasteiger partial charge in [-0.1, -0.05) is 36.4 Å². The van der Waals surface area contributed by atoms with Crippen LogP contribution in [0.5, 0.6) is 0 Å². The molecule has 2 aromatic carbocycles. The van der Waals surface area contributed by atoms with E-state index in [4.69, 9.17) is 0 Å². The molecule has 1 atom stereocenters. The fourth-order valence-electron chi connectivity index (χ4n) is 2.70. The number of fused-ring (bicyclic) bond motifs is 1. The Morgan fingerprint density at radius 3 is 2.74 bits per heavy atom. The van der Waals surface area contributed by atoms with Gasteiger partial charge in [-0.05, 0) is 41.1 Å². The van der Waals surface area contributed by atoms with Crippen LogP contribution < -0.4 is 5.32 Å². The number of aryl methyl sites for hydroxylation is 1. The number of carbonyl (C=O) groups is 1. The lowest BCUT2D eigenvalue weighted by Crippen LogP contribution is -2.30. The molecule has 1 unspecified atom stereocenters. The molecule has 3 N–H and O–H groups in total. The maximum absolute atomic E-state index is 12.1. The van der Waals surface area contributed by atoms with Crippen LogP contribution in [0, 0.1) is 0 Å². The number of hydrogen-bond acceptors (Lipinski definition) is 2. The summed E-state index contributed by atoms with van der Waals surface area (Å²) in [4.78, 5) is 15.3. The Morgan fingerprint density at radius 1 is 1.13 bits per heavy atom. The molecule has 0 spiro atoms. The lowest BCUT2D eigenvalue weighted by atomic mass is 10.1. The second-order valence-corrected chi connectivity index (χ2v) is 5.61. The van der Waals surface area contributed by atoms with Crippen molar-refractivity contribution in [2.24, 2.45) is 0 Å². The largest absolute Gasteiger partial charge is 0.394 e. The molecule has 1 amide bonds. The standard InChI is InChI=1S/C19H20N2O2/c22-13-18(15-4-2-1-3-5-15)21-19(23)9-7-14-6-8-17-16(12-14)10-11-20-17/h1-6,8,10-12,18,20,22H,7,9,13H2,(H,21,23). The zero-order chi connectivity index (χ0) is 16.1. The number of benzene rings is 2. The molecule has 4 heteroatoms. The predicted molar refractivity (Wildman–Crippen MR) is 91.0 cm³/mol. The molecule has 23 heavy (non-hydrogen) atoms. The zero-order valence-electron chi connectivity index (χ0n) is 12.8. The van der Waals surface area contributed by atoms with Crippen molar-refractivity contribution >= 4 is 16.8 Å². The predicted octanol–water partition coefficient (Wildman–Crippen LogP) is 2.95. The van der Waals surface area contributed by atoms with Crippen molar-refractivity contribution in [1.29, 1.82) is 0 Å². The Kier molecular flexibility index (Phi) is 4.74. The van der Waals surface area contributed by atoms with Crippen LogP contribution in [0.15, 0.2) is 60.8 Å². The van der Waals surface area contributed by atoms with Crippen LogP contribution in [0.1, 0.15) is 23.6 Å². The molecule has 0 bridgehead atoms. The van der Waals surface area contributed by atoms with Gasteiger partial charge in [-0.2, -0.15) is 0 Å². The van der Waals surface area contributed by atoms with Gasteiger partial charge in [-0.15, -0.1) is 0 Å². The molecule has 0 aliphatic heterocycles. The first-order valence-electron chi connectivity index (χ1n) is 7.77. The normalized spacial score (nSPS) is 12.2. The van der Waals surface area contributed by atoms with Crippen LogP contribution in [-0.4, -0.2) is 22.6 Å². The van der Waals surface area contributed by atoms with Crippen molar-refractivity contribution in [3.63, 3.8) is 0 Å². The number of aromatic nitrogens is 1. The topological polar surface area (TPSA) is 65.1 Å². The number of carbonyl (C=O) groups excluding carboxylic acids is 1. The van der Waals surface area contributed by atoms with Crippen LogP contribution >= 0.6 is 0 Å². The van der Waals surface area contributed by atoms with E-state index in [1.54, 1.807) is 0 Å². The number of aromatic amines is 1. The van der Waals surface area contributed by atoms with Gasteiger partial charge in [-0.3, -0.25) is 4.79 Å². The first kappa shape index (κ1) is 15.3. The Hall–Kier alpha value is -2.59. The van der Waals surface area contributed by atoms with Crippen molar-refractivity contribution in [3.05, 3.63) is 71.9 Å². The van der Waals surface area contributed by atoms with Gasteiger partial charge in [0.1, 0.15) is 0 Å². The average Bonchev–Trinajstić information content (AvgIpc) is 3.06. The summed E-state index contributed by atoms with van der Waals surface area (Å²) in [5.74, 6) is -0.0536. The molecule has 1 heterocycles. The molecule has 0 saturated carbocycles. The van der Waals surface area contributed by atoms with Crippen molar-refractivity contribution in [2.45, 2.75) is 18.9 Å². The Bertz CT molecular complexity index is 780. The fraction of sp³-hybridized carbons (Fsp3) is 0.211. The highest BCUT2D eigenvalue weighted by Gasteiger charge is 2.13. The van der Waals surface area contributed by atoms with Crippen LogP contribution in [0.2, 0.25) is 0 Å². The van der Waals surface area contributed by atoms with Crippen LogP contribution in [-0.2, 0) is 11.2 Å². The zero-order valence-corrected chi connectivity index (χ0v) is 12.8. The van der Waals surface area contributed by atoms with E-state index in [0.717, 1.165) is 22.0 Å². The van der Waals surface area contributed by atoms with Gasteiger partial charge in [0, 0.05) is 18.1 Å². The van der Waals surface area contributed by atoms with Gasteiger partial charge in [0.25, 0.3) is 0 Å². The van der Waals surface area contributed by atoms with Gasteiger partial charge in [0.15, 0.2) is 0 Å². The van der Waals surface area contributed by atoms with E-state index in [-0.39, 0.29) is 18.6 Å². The summed E-state index contributed by atoms with van der Waals surface area (Å²) in [7, 11) is 0. The molecule has 3 aromatic rings. The Balaban J connectivity index is 1.58. The van der Waals surface area contributed by atoms with Crippen molar-refractivity contribution < 1.29 is 9.90 Å². The number of amides is 1. The maximum Gasteiger partial charge on any atom is 0.220 e. The molecule has 118 valence electrons. The van der Waals surface area contributed by atoms with Crippen LogP contribution in [0.3, 0.4) is 0 Å². The minimum Gasteiger partial charge on any atom is -0.394 e. The van der Waals surface area contributed by atoms with Gasteiger partial charge >= 0.3 is 0 Å². The molecule has 0 saturated heterocycles. The van der Waals surface area contributed by atoms with E-state index in [1.165, 1.54) is 0 Å². The highest BCUT2D eigenvalue weighted by atomic mass is 16.3. The number of nitrogens with one attached hydrogen (secondary N) is 2. The average molecular weight is 308 g/mol. The quantitative estimate of drug-likeness (QED) is 0.655. The first-order valence-corrected chi connectivity index (χ1v) is 7.77. The number of H-pyrrole nitrogens is 1. The summed E-state index contributed by atoms with van der Waals surface area (Å²) >= 11 is 0. The van der Waals surface area contributed by atoms with E-state index in [2.05, 4.69) is 16.4 Å². The second-order valence-electron chi connectivity index (χ2n) is 5.61. The summed E-state index contributed by atoms with van der Waals surface area (Å²) in [6, 6.07) is 17.4. The van der Waals surface area contributed by atoms with E-state index in [9.17, 15) is 9.90 Å². The van der Waals surface area contributed by atoms with Crippen molar-refractivity contribution in [3.8, 4) is 0 Å². The molecule has 0 aliphatic carbocycles. The van der Waals surface area contributed by atoms with E-state index < -0.39 is 0 Å². The first-order chi connectivity index (χ1) is 11.3. The summed E-state index contributed by atoms with van der Waals surface area (Å²) in [5.41, 5.74) is 3.15. The highest BCUT2D eigenvalue weighted by molar-refractivity contribution is 5.80. The third kappa shape index (κ3) is 3.79. The van der Waals surface area contributed by atoms with Gasteiger partial charge < -0.3 is 15.4 Å². The van der Waals surface area contributed by atoms with E-state index in [1.807, 2.05) is 54.7 Å². The third-order valence-corrected chi connectivity index (χ3v) is 3.98. The minimum atomic E-state index is -0.351. The highest BCUT2D eigenvalue weighted by Crippen LogP contribution is 2.16. The Labute approximate surface area is 135 Å². The summed E-state index contributed by atoms with van der Waals surface area (Å²) in [6.07, 6.45) is 2.99. The van der Waals surface area contributed by atoms with E-state index in [0.29, 0.717) is 12.8 Å². The molecule has 0 fully saturated rings. The van der Waals surface area contributed by atoms with E-state index >= 15 is 0 Å². The monoisotopic (exact) mass is 308 g/mol. The van der Waals surface area contributed by atoms with Gasteiger partial charge in [0.05, 0.1) is 12.6 Å². The SMILES string of the molecule is O=C(CCc1ccc2[nH]ccc2c1)NC(CO)c1ccccc1. The lowest BCUT2D eigenvalue weighted by Gasteiger charge is -2.16. The minimum absolute atomic E-state index is 0.0536. The van der Waals surface area contributed by atoms with Crippen molar-refractivity contribution in [2.75, 3.05) is 6.61 Å². The lowest BCUT2D eigenvalue weighted by molar-refractivity contribution is -0.122. The van der Waals surface area contributed by atoms with Crippen molar-refractivity contribution in [1.82, 2.24) is 10.3 Å². The smallest absolute Gasteiger partial charge is 0.220 e. The fourth-order valence-corrected chi connectivity index (χ4v) is 2.70. The molecule has 4 nitrogen and oxygen atoms in total. The maximum atomic E-state index is 12.1. The number of aliphatic hydroxyl groups is 1. The number of hydrogen-bond donors (Lipinski definition) is 3. The summed E-state index contributed by atoms with van der Waals surface area (Å²) < 4.78 is 0.